The molecule has 0 spiro atoms. The van der Waals surface area contributed by atoms with E-state index < -0.39 is 4.92 Å². The summed E-state index contributed by atoms with van der Waals surface area (Å²) in [6.07, 6.45) is 1.66. The van der Waals surface area contributed by atoms with Crippen LogP contribution in [0.1, 0.15) is 16.7 Å². The molecule has 5 nitrogen and oxygen atoms in total. The van der Waals surface area contributed by atoms with E-state index in [9.17, 15) is 14.9 Å². The summed E-state index contributed by atoms with van der Waals surface area (Å²) in [5.74, 6) is -0.281. The zero-order chi connectivity index (χ0) is 19.2. The van der Waals surface area contributed by atoms with Gasteiger partial charge < -0.3 is 5.32 Å². The topological polar surface area (TPSA) is 72.2 Å². The molecular weight excluding hydrogens is 340 g/mol. The van der Waals surface area contributed by atoms with E-state index in [2.05, 4.69) is 5.32 Å². The molecule has 0 bridgehead atoms. The Labute approximate surface area is 157 Å². The second-order valence-corrected chi connectivity index (χ2v) is 6.10. The number of anilines is 1. The lowest BCUT2D eigenvalue weighted by atomic mass is 10.0. The van der Waals surface area contributed by atoms with Gasteiger partial charge in [-0.25, -0.2) is 0 Å². The van der Waals surface area contributed by atoms with Crippen LogP contribution in [0.15, 0.2) is 78.9 Å². The van der Waals surface area contributed by atoms with Gasteiger partial charge in [-0.3, -0.25) is 14.9 Å². The largest absolute Gasteiger partial charge is 0.322 e. The number of amides is 1. The fraction of sp³-hybridized carbons (Fsp3) is 0.0455. The van der Waals surface area contributed by atoms with Gasteiger partial charge in [-0.05, 0) is 36.3 Å². The summed E-state index contributed by atoms with van der Waals surface area (Å²) in [6.45, 7) is 1.98. The van der Waals surface area contributed by atoms with Crippen molar-refractivity contribution < 1.29 is 9.72 Å². The van der Waals surface area contributed by atoms with E-state index in [4.69, 9.17) is 0 Å². The fourth-order valence-electron chi connectivity index (χ4n) is 2.63. The molecule has 0 saturated heterocycles. The molecule has 3 rings (SSSR count). The monoisotopic (exact) mass is 358 g/mol. The third kappa shape index (κ3) is 4.67. The van der Waals surface area contributed by atoms with E-state index in [0.717, 1.165) is 11.1 Å². The lowest BCUT2D eigenvalue weighted by Gasteiger charge is -2.10. The summed E-state index contributed by atoms with van der Waals surface area (Å²) >= 11 is 0. The summed E-state index contributed by atoms with van der Waals surface area (Å²) in [6, 6.07) is 22.9. The predicted molar refractivity (Wildman–Crippen MR) is 107 cm³/mol. The highest BCUT2D eigenvalue weighted by Gasteiger charge is 2.13. The third-order valence-corrected chi connectivity index (χ3v) is 4.03. The average Bonchev–Trinajstić information content (AvgIpc) is 2.68. The van der Waals surface area contributed by atoms with Crippen LogP contribution in [0, 0.1) is 17.0 Å². The Bertz CT molecular complexity index is 994. The second-order valence-electron chi connectivity index (χ2n) is 6.10. The average molecular weight is 358 g/mol. The van der Waals surface area contributed by atoms with E-state index in [1.165, 1.54) is 12.1 Å². The first-order valence-corrected chi connectivity index (χ1v) is 8.42. The number of nitro benzene ring substituents is 1. The Balaban J connectivity index is 1.98. The summed E-state index contributed by atoms with van der Waals surface area (Å²) in [5.41, 5.74) is 3.51. The molecule has 0 aliphatic rings. The Kier molecular flexibility index (Phi) is 5.42. The number of nitrogens with zero attached hydrogens (tertiary/aromatic N) is 1. The molecule has 0 atom stereocenters. The normalized spacial score (nSPS) is 11.1. The Morgan fingerprint density at radius 3 is 2.33 bits per heavy atom. The van der Waals surface area contributed by atoms with Crippen LogP contribution in [-0.4, -0.2) is 10.8 Å². The highest BCUT2D eigenvalue weighted by Crippen LogP contribution is 2.23. The predicted octanol–water partition coefficient (Wildman–Crippen LogP) is 5.08. The van der Waals surface area contributed by atoms with Crippen LogP contribution < -0.4 is 5.32 Å². The molecule has 0 fully saturated rings. The zero-order valence-electron chi connectivity index (χ0n) is 14.8. The van der Waals surface area contributed by atoms with Crippen LogP contribution in [0.2, 0.25) is 0 Å². The van der Waals surface area contributed by atoms with Gasteiger partial charge in [-0.2, -0.15) is 0 Å². The fourth-order valence-corrected chi connectivity index (χ4v) is 2.63. The molecule has 5 heteroatoms. The number of hydrogen-bond donors (Lipinski definition) is 1. The van der Waals surface area contributed by atoms with E-state index in [-0.39, 0.29) is 11.6 Å². The molecule has 0 aromatic heterocycles. The molecule has 3 aromatic rings. The molecule has 0 radical (unpaired) electrons. The molecule has 0 saturated carbocycles. The molecular formula is C22H18N2O3. The highest BCUT2D eigenvalue weighted by molar-refractivity contribution is 6.29. The maximum Gasteiger partial charge on any atom is 0.270 e. The Morgan fingerprint density at radius 1 is 0.963 bits per heavy atom. The summed E-state index contributed by atoms with van der Waals surface area (Å²) in [5, 5.41) is 13.9. The molecule has 0 aliphatic carbocycles. The number of nitrogens with one attached hydrogen (secondary N) is 1. The smallest absolute Gasteiger partial charge is 0.270 e. The minimum atomic E-state index is -0.452. The van der Waals surface area contributed by atoms with Crippen LogP contribution in [0.4, 0.5) is 11.4 Å². The second kappa shape index (κ2) is 8.10. The number of aryl methyl sites for hydroxylation is 1. The first kappa shape index (κ1) is 18.1. The van der Waals surface area contributed by atoms with Gasteiger partial charge in [0.1, 0.15) is 0 Å². The van der Waals surface area contributed by atoms with Crippen molar-refractivity contribution in [3.8, 4) is 0 Å². The molecule has 3 aromatic carbocycles. The molecule has 1 amide bonds. The van der Waals surface area contributed by atoms with Gasteiger partial charge in [0.25, 0.3) is 11.6 Å². The first-order chi connectivity index (χ1) is 13.0. The maximum atomic E-state index is 12.9. The highest BCUT2D eigenvalue weighted by atomic mass is 16.6. The lowest BCUT2D eigenvalue weighted by Crippen LogP contribution is -2.13. The van der Waals surface area contributed by atoms with E-state index >= 15 is 0 Å². The molecule has 134 valence electrons. The zero-order valence-corrected chi connectivity index (χ0v) is 14.8. The number of carbonyl (C=O) groups excluding carboxylic acids is 1. The number of carbonyl (C=O) groups is 1. The number of benzene rings is 3. The maximum absolute atomic E-state index is 12.9. The van der Waals surface area contributed by atoms with Crippen molar-refractivity contribution in [2.45, 2.75) is 6.92 Å². The number of hydrogen-bond acceptors (Lipinski definition) is 3. The standard InChI is InChI=1S/C22H18N2O3/c1-16-10-12-19(13-11-16)23-22(25)21(18-7-3-2-4-8-18)15-17-6-5-9-20(14-17)24(26)27/h2-15H,1H3,(H,23,25). The minimum absolute atomic E-state index is 0.0184. The van der Waals surface area contributed by atoms with Gasteiger partial charge in [-0.15, -0.1) is 0 Å². The van der Waals surface area contributed by atoms with Crippen molar-refractivity contribution in [1.29, 1.82) is 0 Å². The number of nitro groups is 1. The SMILES string of the molecule is Cc1ccc(NC(=O)C(=Cc2cccc([N+](=O)[O-])c2)c2ccccc2)cc1. The number of non-ortho nitro benzene ring substituents is 1. The molecule has 0 aliphatic heterocycles. The molecule has 1 N–H and O–H groups in total. The molecule has 0 heterocycles. The van der Waals surface area contributed by atoms with Crippen LogP contribution in [0.25, 0.3) is 11.6 Å². The van der Waals surface area contributed by atoms with Crippen molar-refractivity contribution in [1.82, 2.24) is 0 Å². The Morgan fingerprint density at radius 2 is 1.67 bits per heavy atom. The van der Waals surface area contributed by atoms with E-state index in [1.807, 2.05) is 61.5 Å². The lowest BCUT2D eigenvalue weighted by molar-refractivity contribution is -0.384. The van der Waals surface area contributed by atoms with Gasteiger partial charge in [0.15, 0.2) is 0 Å². The van der Waals surface area contributed by atoms with Crippen LogP contribution in [-0.2, 0) is 4.79 Å². The quantitative estimate of drug-likeness (QED) is 0.299. The van der Waals surface area contributed by atoms with Crippen molar-refractivity contribution in [3.63, 3.8) is 0 Å². The summed E-state index contributed by atoms with van der Waals surface area (Å²) < 4.78 is 0. The van der Waals surface area contributed by atoms with Crippen LogP contribution >= 0.6 is 0 Å². The van der Waals surface area contributed by atoms with Gasteiger partial charge in [0.05, 0.1) is 4.92 Å². The molecule has 0 unspecified atom stereocenters. The van der Waals surface area contributed by atoms with Crippen molar-refractivity contribution >= 4 is 28.9 Å². The van der Waals surface area contributed by atoms with Crippen molar-refractivity contribution in [2.24, 2.45) is 0 Å². The van der Waals surface area contributed by atoms with Crippen LogP contribution in [0.5, 0.6) is 0 Å². The van der Waals surface area contributed by atoms with E-state index in [1.54, 1.807) is 18.2 Å². The van der Waals surface area contributed by atoms with Gasteiger partial charge in [-0.1, -0.05) is 60.2 Å². The van der Waals surface area contributed by atoms with Crippen molar-refractivity contribution in [2.75, 3.05) is 5.32 Å². The Hall–Kier alpha value is -3.73. The minimum Gasteiger partial charge on any atom is -0.322 e. The first-order valence-electron chi connectivity index (χ1n) is 8.42. The summed E-state index contributed by atoms with van der Waals surface area (Å²) in [7, 11) is 0. The van der Waals surface area contributed by atoms with Crippen molar-refractivity contribution in [3.05, 3.63) is 106 Å². The number of rotatable bonds is 5. The van der Waals surface area contributed by atoms with Gasteiger partial charge in [0.2, 0.25) is 0 Å². The molecule has 27 heavy (non-hydrogen) atoms. The van der Waals surface area contributed by atoms with Crippen LogP contribution in [0.3, 0.4) is 0 Å². The third-order valence-electron chi connectivity index (χ3n) is 4.03. The summed E-state index contributed by atoms with van der Waals surface area (Å²) in [4.78, 5) is 23.5. The van der Waals surface area contributed by atoms with Gasteiger partial charge >= 0.3 is 0 Å². The van der Waals surface area contributed by atoms with E-state index in [0.29, 0.717) is 16.8 Å². The van der Waals surface area contributed by atoms with Gasteiger partial charge in [0, 0.05) is 23.4 Å².